The van der Waals surface area contributed by atoms with Crippen LogP contribution in [0.5, 0.6) is 11.5 Å². The summed E-state index contributed by atoms with van der Waals surface area (Å²) in [4.78, 5) is -5.45. The van der Waals surface area contributed by atoms with Crippen molar-refractivity contribution in [1.82, 2.24) is 0 Å². The van der Waals surface area contributed by atoms with Crippen molar-refractivity contribution < 1.29 is 265 Å². The monoisotopic (exact) mass is 1460 g/mol. The summed E-state index contributed by atoms with van der Waals surface area (Å²) in [7, 11) is -31.6. The molecule has 0 heterocycles. The van der Waals surface area contributed by atoms with Crippen LogP contribution in [0, 0.1) is 0 Å². The maximum Gasteiger partial charge on any atom is 1.00 e. The number of azo groups is 4. The van der Waals surface area contributed by atoms with Gasteiger partial charge in [-0.1, -0.05) is 12.1 Å². The molecule has 31 nitrogen and oxygen atoms in total. The molecule has 0 fully saturated rings. The number of nitrogens with zero attached hydrogens (tertiary/aromatic N) is 8. The summed E-state index contributed by atoms with van der Waals surface area (Å²) in [6, 6.07) is 26.2. The van der Waals surface area contributed by atoms with Crippen LogP contribution in [-0.4, -0.2) is 88.0 Å². The van der Waals surface area contributed by atoms with E-state index in [1.807, 2.05) is 0 Å². The number of anilines is 4. The summed E-state index contributed by atoms with van der Waals surface area (Å²) in [6.07, 6.45) is 0. The van der Waals surface area contributed by atoms with Crippen molar-refractivity contribution in [1.29, 1.82) is 0 Å². The molecule has 10 aromatic carbocycles. The Hall–Kier alpha value is -3.90. The van der Waals surface area contributed by atoms with Gasteiger partial charge in [-0.25, -0.2) is 50.5 Å². The minimum absolute atomic E-state index is 0. The predicted molar refractivity (Wildman–Crippen MR) is 309 cm³/mol. The normalized spacial score (nSPS) is 12.3. The average molecular weight is 1460 g/mol. The fourth-order valence-corrected chi connectivity index (χ4v) is 12.5. The van der Waals surface area contributed by atoms with Crippen LogP contribution in [0.2, 0.25) is 0 Å². The molecule has 0 bridgehead atoms. The van der Waals surface area contributed by atoms with Gasteiger partial charge in [-0.3, -0.25) is 0 Å². The standard InChI is InChI=1S/C52H37N11O20S6.6Na/c53-27-1-11-43(45(21-27)86(72,73)74)60-56-39-13-15-41(37-23-31(84(66,67)68)5-9-35(37)39)58-62-49-47(88(78,79)80)19-25-17-29(3-7-33(25)51(49)64)55-30-4-8-34-26(18-30)20-48(89(81,82)83)50(52(34)65)63-59-42-16-14-40(36-10-6-32(24-38(36)42)85(69,70)71)57-61-44-12-2-28(54)22-46(44)87(75,76)77;;;;;;/h1-24,55,64-65H,53-54H2,(H,66,67,68)(H,69,70,71)(H,72,73,74)(H,75,76,77)(H,78,79,80)(H,81,82,83);;;;;;/q;6*+1/p-6. The molecular weight excluding hydrogens is 1430 g/mol. The molecule has 0 amide bonds. The van der Waals surface area contributed by atoms with Gasteiger partial charge in [0, 0.05) is 55.1 Å². The van der Waals surface area contributed by atoms with Crippen LogP contribution in [0.15, 0.2) is 216 Å². The van der Waals surface area contributed by atoms with Crippen LogP contribution < -0.4 is 194 Å². The second kappa shape index (κ2) is 32.2. The van der Waals surface area contributed by atoms with Gasteiger partial charge in [0.1, 0.15) is 83.5 Å². The van der Waals surface area contributed by atoms with Gasteiger partial charge in [0.2, 0.25) is 0 Å². The van der Waals surface area contributed by atoms with Crippen molar-refractivity contribution in [3.05, 3.63) is 146 Å². The number of nitrogens with one attached hydrogen (secondary N) is 1. The molecular formula is C52H31N11Na6O20S6. The van der Waals surface area contributed by atoms with Crippen molar-refractivity contribution >= 4 is 172 Å². The van der Waals surface area contributed by atoms with Gasteiger partial charge in [0.15, 0.2) is 11.5 Å². The summed E-state index contributed by atoms with van der Waals surface area (Å²) < 4.78 is 221. The van der Waals surface area contributed by atoms with Gasteiger partial charge in [-0.15, -0.1) is 40.9 Å². The van der Waals surface area contributed by atoms with Crippen LogP contribution >= 0.6 is 0 Å². The summed E-state index contributed by atoms with van der Waals surface area (Å²) in [5, 5.41) is 56.5. The molecule has 0 aliphatic heterocycles. The smallest absolute Gasteiger partial charge is 0.744 e. The molecule has 0 aliphatic rings. The maximum absolute atomic E-state index is 12.8. The van der Waals surface area contributed by atoms with Crippen LogP contribution in [-0.2, 0) is 60.7 Å². The van der Waals surface area contributed by atoms with Crippen molar-refractivity contribution in [3.63, 3.8) is 0 Å². The second-order valence-electron chi connectivity index (χ2n) is 18.7. The number of hydrogen-bond acceptors (Lipinski definition) is 31. The van der Waals surface area contributed by atoms with E-state index < -0.39 is 124 Å². The Morgan fingerprint density at radius 1 is 0.295 bits per heavy atom. The number of phenols is 2. The van der Waals surface area contributed by atoms with Gasteiger partial charge in [-0.05, 0) is 144 Å². The number of fused-ring (bicyclic) bond motifs is 4. The topological polar surface area (TPSA) is 547 Å². The third kappa shape index (κ3) is 19.0. The Morgan fingerprint density at radius 2 is 0.579 bits per heavy atom. The Kier molecular flexibility index (Phi) is 28.3. The largest absolute Gasteiger partial charge is 1.00 e. The molecule has 0 aromatic heterocycles. The summed E-state index contributed by atoms with van der Waals surface area (Å²) >= 11 is 0. The van der Waals surface area contributed by atoms with Crippen LogP contribution in [0.3, 0.4) is 0 Å². The van der Waals surface area contributed by atoms with E-state index in [-0.39, 0.29) is 266 Å². The van der Waals surface area contributed by atoms with Crippen LogP contribution in [0.25, 0.3) is 43.1 Å². The van der Waals surface area contributed by atoms with Crippen LogP contribution in [0.4, 0.5) is 68.2 Å². The molecule has 0 aliphatic carbocycles. The number of aromatic hydroxyl groups is 2. The zero-order chi connectivity index (χ0) is 64.5. The Bertz CT molecular complexity index is 5290. The van der Waals surface area contributed by atoms with E-state index in [2.05, 4.69) is 46.2 Å². The maximum atomic E-state index is 12.8. The summed E-state index contributed by atoms with van der Waals surface area (Å²) in [5.74, 6) is -1.81. The Labute approximate surface area is 671 Å². The average Bonchev–Trinajstić information content (AvgIpc) is 0.778. The molecule has 456 valence electrons. The Balaban J connectivity index is 0.00000320. The number of phenolic OH excluding ortho intramolecular Hbond substituents is 2. The van der Waals surface area contributed by atoms with Gasteiger partial charge in [-0.2, -0.15) is 0 Å². The third-order valence-corrected chi connectivity index (χ3v) is 18.0. The summed E-state index contributed by atoms with van der Waals surface area (Å²) in [6.45, 7) is 0. The number of nitrogens with two attached hydrogens (primary N) is 2. The third-order valence-electron chi connectivity index (χ3n) is 12.9. The van der Waals surface area contributed by atoms with Gasteiger partial charge >= 0.3 is 177 Å². The van der Waals surface area contributed by atoms with E-state index in [0.29, 0.717) is 0 Å². The SMILES string of the molecule is Nc1ccc(N=Nc2ccc(N=Nc3c(S(=O)(=O)[O-])cc4cc(Nc5ccc6c(O)c(N=Nc7ccc(N=Nc8ccc(N)cc8S(=O)(=O)[O-])c8ccc(S(=O)(=O)[O-])cc78)c(S(=O)(=O)[O-])cc6c5)ccc4c3O)c3cc(S(=O)(=O)[O-])ccc23)c(S(=O)(=O)[O-])c1.[Na+].[Na+].[Na+].[Na+].[Na+].[Na+]. The first-order valence-electron chi connectivity index (χ1n) is 24.2. The van der Waals surface area contributed by atoms with Gasteiger partial charge < -0.3 is 54.3 Å². The zero-order valence-electron chi connectivity index (χ0n) is 49.8. The zero-order valence-corrected chi connectivity index (χ0v) is 66.7. The molecule has 95 heavy (non-hydrogen) atoms. The molecule has 0 saturated heterocycles. The minimum Gasteiger partial charge on any atom is -0.744 e. The van der Waals surface area contributed by atoms with Crippen molar-refractivity contribution in [2.75, 3.05) is 16.8 Å². The van der Waals surface area contributed by atoms with Crippen LogP contribution in [0.1, 0.15) is 0 Å². The first kappa shape index (κ1) is 83.5. The van der Waals surface area contributed by atoms with E-state index in [4.69, 9.17) is 11.5 Å². The predicted octanol–water partition coefficient (Wildman–Crippen LogP) is -8.27. The molecule has 0 saturated carbocycles. The fourth-order valence-electron chi connectivity index (χ4n) is 8.90. The molecule has 0 spiro atoms. The molecule has 7 N–H and O–H groups in total. The molecule has 0 atom stereocenters. The number of benzene rings is 10. The molecule has 43 heteroatoms. The van der Waals surface area contributed by atoms with E-state index in [1.165, 1.54) is 60.7 Å². The molecule has 0 radical (unpaired) electrons. The van der Waals surface area contributed by atoms with E-state index in [9.17, 15) is 88.0 Å². The van der Waals surface area contributed by atoms with Gasteiger partial charge in [0.25, 0.3) is 0 Å². The van der Waals surface area contributed by atoms with E-state index in [0.717, 1.165) is 84.9 Å². The quantitative estimate of drug-likeness (QED) is 0.0260. The number of hydrogen-bond donors (Lipinski definition) is 5. The molecule has 10 aromatic rings. The molecule has 10 rings (SSSR count). The van der Waals surface area contributed by atoms with Crippen molar-refractivity contribution in [2.45, 2.75) is 29.4 Å². The first-order chi connectivity index (χ1) is 41.5. The van der Waals surface area contributed by atoms with Gasteiger partial charge in [0.05, 0.1) is 52.1 Å². The fraction of sp³-hybridized carbons (Fsp3) is 0. The summed E-state index contributed by atoms with van der Waals surface area (Å²) in [5.41, 5.74) is 7.87. The number of nitrogen functional groups attached to an aromatic ring is 2. The van der Waals surface area contributed by atoms with Crippen molar-refractivity contribution in [2.24, 2.45) is 40.9 Å². The Morgan fingerprint density at radius 3 is 0.895 bits per heavy atom. The molecule has 0 unspecified atom stereocenters. The number of rotatable bonds is 16. The van der Waals surface area contributed by atoms with Crippen molar-refractivity contribution in [3.8, 4) is 11.5 Å². The minimum atomic E-state index is -5.54. The van der Waals surface area contributed by atoms with E-state index in [1.54, 1.807) is 0 Å². The first-order valence-corrected chi connectivity index (χ1v) is 32.7. The second-order valence-corrected chi connectivity index (χ2v) is 26.9. The van der Waals surface area contributed by atoms with E-state index >= 15 is 0 Å².